The molecule has 0 bridgehead atoms. The second kappa shape index (κ2) is 56.7. The molecule has 33 heteroatoms. The van der Waals surface area contributed by atoms with Crippen molar-refractivity contribution in [1.82, 2.24) is 20.0 Å². The molecule has 6 aromatic rings. The summed E-state index contributed by atoms with van der Waals surface area (Å²) < 4.78 is 51.5. The van der Waals surface area contributed by atoms with Gasteiger partial charge in [-0.25, -0.2) is 0 Å². The number of rotatable bonds is 15. The third kappa shape index (κ3) is 38.7. The first-order chi connectivity index (χ1) is 48.6. The number of nitrogens with one attached hydrogen (secondary N) is 1. The summed E-state index contributed by atoms with van der Waals surface area (Å²) in [5.74, 6) is 0.0554. The molecule has 0 radical (unpaired) electrons. The normalized spacial score (nSPS) is 12.7. The molecule has 0 spiro atoms. The first-order valence-electron chi connectivity index (χ1n) is 30.7. The monoisotopic (exact) mass is 1880 g/mol. The van der Waals surface area contributed by atoms with E-state index in [1.54, 1.807) is 100 Å². The summed E-state index contributed by atoms with van der Waals surface area (Å²) in [6, 6.07) is 26.6. The molecule has 4 aliphatic heterocycles. The molecule has 0 aromatic heterocycles. The van der Waals surface area contributed by atoms with Crippen molar-refractivity contribution in [2.75, 3.05) is 88.6 Å². The van der Waals surface area contributed by atoms with Gasteiger partial charge >= 0.3 is 25.3 Å². The number of methoxy groups -OCH3 is 6. The van der Waals surface area contributed by atoms with Crippen molar-refractivity contribution in [2.24, 2.45) is 10.7 Å². The molecular weight excluding hydrogens is 1800 g/mol. The van der Waals surface area contributed by atoms with Crippen LogP contribution in [0.3, 0.4) is 0 Å². The minimum atomic E-state index is -1.92. The quantitative estimate of drug-likeness (QED) is 0.0554. The molecule has 4 aliphatic rings. The van der Waals surface area contributed by atoms with Crippen LogP contribution in [0.15, 0.2) is 102 Å². The Bertz CT molecular complexity index is 3660. The predicted molar refractivity (Wildman–Crippen MR) is 423 cm³/mol. The topological polar surface area (TPSA) is 227 Å². The van der Waals surface area contributed by atoms with Crippen molar-refractivity contribution in [1.29, 1.82) is 0 Å². The first kappa shape index (κ1) is 101. The van der Waals surface area contributed by atoms with Gasteiger partial charge in [0.2, 0.25) is 17.7 Å². The van der Waals surface area contributed by atoms with E-state index in [4.69, 9.17) is 185 Å². The second-order valence-corrected chi connectivity index (χ2v) is 26.8. The molecule has 1 saturated heterocycles. The fourth-order valence-corrected chi connectivity index (χ4v) is 10.9. The molecule has 4 heterocycles. The fraction of sp³-hybridized carbons (Fsp3) is 0.394. The van der Waals surface area contributed by atoms with Crippen molar-refractivity contribution < 1.29 is 79.0 Å². The minimum absolute atomic E-state index is 0. The van der Waals surface area contributed by atoms with E-state index < -0.39 is 24.8 Å². The van der Waals surface area contributed by atoms with Crippen molar-refractivity contribution in [3.05, 3.63) is 208 Å². The number of aldehydes is 1. The van der Waals surface area contributed by atoms with E-state index in [0.29, 0.717) is 105 Å². The van der Waals surface area contributed by atoms with Crippen LogP contribution >= 0.6 is 152 Å². The van der Waals surface area contributed by atoms with E-state index in [1.807, 2.05) is 53.4 Å². The average molecular weight is 1890 g/mol. The number of carbonyl (C=O) groups is 4. The number of halogens is 13. The molecule has 10 rings (SSSR count). The molecule has 0 saturated carbocycles. The van der Waals surface area contributed by atoms with Crippen molar-refractivity contribution in [2.45, 2.75) is 98.9 Å². The van der Waals surface area contributed by atoms with Crippen LogP contribution in [0.5, 0.6) is 0 Å². The zero-order valence-electron chi connectivity index (χ0n) is 57.7. The Kier molecular flexibility index (Phi) is 54.8. The van der Waals surface area contributed by atoms with Crippen LogP contribution in [0, 0.1) is 0 Å². The third-order valence-corrected chi connectivity index (χ3v) is 18.9. The molecule has 0 aliphatic carbocycles. The van der Waals surface area contributed by atoms with Gasteiger partial charge < -0.3 is 58.9 Å². The summed E-state index contributed by atoms with van der Waals surface area (Å²) in [7, 11) is 9.32. The van der Waals surface area contributed by atoms with Crippen LogP contribution in [-0.2, 0) is 112 Å². The van der Waals surface area contributed by atoms with E-state index in [9.17, 15) is 19.2 Å². The fourth-order valence-electron chi connectivity index (χ4n) is 8.86. The number of benzene rings is 6. The number of hydrogen-bond acceptors (Lipinski definition) is 16. The van der Waals surface area contributed by atoms with Crippen LogP contribution in [0.1, 0.15) is 97.3 Å². The predicted octanol–water partition coefficient (Wildman–Crippen LogP) is 19.1. The molecule has 3 amide bonds. The number of carbonyl (C=O) groups excluding carboxylic acids is 4. The number of hydrogen-bond donors (Lipinski definition) is 2. The molecule has 0 atom stereocenters. The SMILES string of the molecule is C.C1CCOC1.CC(=O)N1C=Cc2cc(Cl)c(Cl)cc2C1.CC(=O)N1CCc2cc(Cl)c(Cl)cc2C1.COC(CN(Cc1ccc(Cl)c(Cl)c1)C(C)=O)OC.COC(CN)OC.COC(CN=Cc1ccc(Cl)c(Cl)c1)OC.Cl.Clc1cc2c(cc1Cl)CNCC2.O=Cc1ccc(Cl)c(Cl)c1.[HH].[O]=[Pt]=[O]. The Morgan fingerprint density at radius 3 is 1.48 bits per heavy atom. The van der Waals surface area contributed by atoms with Gasteiger partial charge in [-0.2, -0.15) is 0 Å². The summed E-state index contributed by atoms with van der Waals surface area (Å²) in [6.45, 7) is 12.1. The molecule has 3 N–H and O–H groups in total. The van der Waals surface area contributed by atoms with Crippen molar-refractivity contribution in [3.8, 4) is 0 Å². The van der Waals surface area contributed by atoms with Gasteiger partial charge in [0.25, 0.3) is 0 Å². The number of aliphatic imine (C=N–C) groups is 1. The van der Waals surface area contributed by atoms with Gasteiger partial charge in [0, 0.05) is 129 Å². The molecule has 0 unspecified atom stereocenters. The Labute approximate surface area is 686 Å². The molecule has 582 valence electrons. The van der Waals surface area contributed by atoms with E-state index in [1.165, 1.54) is 63.7 Å². The summed E-state index contributed by atoms with van der Waals surface area (Å²) in [4.78, 5) is 53.4. The van der Waals surface area contributed by atoms with Gasteiger partial charge in [-0.15, -0.1) is 12.4 Å². The molecule has 104 heavy (non-hydrogen) atoms. The Morgan fingerprint density at radius 2 is 1.04 bits per heavy atom. The van der Waals surface area contributed by atoms with Gasteiger partial charge in [0.1, 0.15) is 6.29 Å². The van der Waals surface area contributed by atoms with Crippen LogP contribution in [0.4, 0.5) is 0 Å². The molecule has 1 fully saturated rings. The Hall–Kier alpha value is -3.49. The van der Waals surface area contributed by atoms with Crippen LogP contribution in [0.25, 0.3) is 6.08 Å². The van der Waals surface area contributed by atoms with Crippen molar-refractivity contribution >= 4 is 188 Å². The standard InChI is InChI=1S/C13H17Cl2NO3.C11H13Cl2NO2.C11H11Cl2NO.C11H9Cl2NO.C9H9Cl2N.C7H4Cl2O.C4H11NO2.C4H8O.CH4.ClH.2O.Pt.H2/c1-9(17)16(8-13(18-2)19-3)7-10-4-5-11(14)12(15)6-10;1-15-11(16-2)7-14-6-8-3-4-9(12)10(13)5-8;2*1-7(15)14-3-2-8-4-10(12)11(13)5-9(8)6-14;10-8-3-6-1-2-12-5-7(6)4-9(8)11;8-6-2-1-5(4-10)3-7(6)9;1-6-4(3-5)7-2;1-2-4-5-3-1;;;;;;/h4-6,13H,7-8H2,1-3H3;3-6,11H,7H2,1-2H3;4-5H,2-3,6H2,1H3;2-5H,6H2,1H3;3-4,12H,1-2,5H2;1-4H;4H,3,5H2,1-2H3;1-4H2;1H4;1H;;;;1H. The summed E-state index contributed by atoms with van der Waals surface area (Å²) in [6.07, 6.45) is 9.50. The summed E-state index contributed by atoms with van der Waals surface area (Å²) >= 11 is 68.2. The summed E-state index contributed by atoms with van der Waals surface area (Å²) in [5, 5.41) is 9.69. The first-order valence-corrected chi connectivity index (χ1v) is 37.1. The third-order valence-electron chi connectivity index (χ3n) is 14.5. The number of ether oxygens (including phenoxy) is 7. The van der Waals surface area contributed by atoms with Gasteiger partial charge in [0.05, 0.1) is 79.9 Å². The zero-order valence-corrected chi connectivity index (χ0v) is 69.9. The molecule has 6 aromatic carbocycles. The van der Waals surface area contributed by atoms with Gasteiger partial charge in [-0.05, 0) is 156 Å². The maximum absolute atomic E-state index is 11.6. The van der Waals surface area contributed by atoms with E-state index in [-0.39, 0.29) is 51.6 Å². The Balaban J connectivity index is 0. The van der Waals surface area contributed by atoms with Gasteiger partial charge in [-0.1, -0.05) is 165 Å². The van der Waals surface area contributed by atoms with E-state index in [0.717, 1.165) is 79.8 Å². The zero-order chi connectivity index (χ0) is 76.4. The summed E-state index contributed by atoms with van der Waals surface area (Å²) in [5.41, 5.74) is 14.4. The maximum atomic E-state index is 11.6. The van der Waals surface area contributed by atoms with E-state index >= 15 is 0 Å². The second-order valence-electron chi connectivity index (χ2n) is 21.5. The number of fused-ring (bicyclic) bond motifs is 3. The average Bonchev–Trinajstić information content (AvgIpc) is 1.15. The number of amides is 3. The molecular formula is C71H89Cl13N6O13Pt. The van der Waals surface area contributed by atoms with Crippen molar-refractivity contribution in [3.63, 3.8) is 0 Å². The van der Waals surface area contributed by atoms with Gasteiger partial charge in [-0.3, -0.25) is 24.2 Å². The molecule has 19 nitrogen and oxygen atoms in total. The van der Waals surface area contributed by atoms with E-state index in [2.05, 4.69) is 10.3 Å². The van der Waals surface area contributed by atoms with Crippen LogP contribution in [-0.4, -0.2) is 152 Å². The van der Waals surface area contributed by atoms with Crippen LogP contribution < -0.4 is 11.1 Å². The number of nitrogens with zero attached hydrogens (tertiary/aromatic N) is 4. The van der Waals surface area contributed by atoms with Crippen LogP contribution in [0.2, 0.25) is 60.3 Å². The van der Waals surface area contributed by atoms with Gasteiger partial charge in [0.15, 0.2) is 18.9 Å². The number of nitrogens with two attached hydrogens (primary N) is 1. The Morgan fingerprint density at radius 1 is 0.587 bits per heavy atom.